The Morgan fingerprint density at radius 1 is 1.21 bits per heavy atom. The minimum atomic E-state index is -0.524. The molecule has 0 N–H and O–H groups in total. The number of hydrogen-bond acceptors (Lipinski definition) is 4. The SMILES string of the molecule is CC1(C)COB(c2ccc3c(ccn3C(=O)OC(C)(C)C)c2)OC1. The van der Waals surface area contributed by atoms with E-state index in [1.807, 2.05) is 45.0 Å². The van der Waals surface area contributed by atoms with Crippen molar-refractivity contribution in [3.8, 4) is 0 Å². The van der Waals surface area contributed by atoms with Crippen LogP contribution in [-0.2, 0) is 14.0 Å². The van der Waals surface area contributed by atoms with Gasteiger partial charge in [-0.25, -0.2) is 4.79 Å². The Hall–Kier alpha value is -1.79. The summed E-state index contributed by atoms with van der Waals surface area (Å²) in [7, 11) is -0.354. The van der Waals surface area contributed by atoms with Gasteiger partial charge in [-0.1, -0.05) is 26.0 Å². The molecule has 0 saturated carbocycles. The predicted molar refractivity (Wildman–Crippen MR) is 94.6 cm³/mol. The van der Waals surface area contributed by atoms with Crippen LogP contribution in [0.5, 0.6) is 0 Å². The van der Waals surface area contributed by atoms with Gasteiger partial charge in [0.25, 0.3) is 0 Å². The smallest absolute Gasteiger partial charge is 0.443 e. The van der Waals surface area contributed by atoms with Crippen LogP contribution < -0.4 is 5.46 Å². The average molecular weight is 329 g/mol. The molecule has 128 valence electrons. The van der Waals surface area contributed by atoms with Gasteiger partial charge in [-0.05, 0) is 43.8 Å². The van der Waals surface area contributed by atoms with Crippen LogP contribution in [0.2, 0.25) is 0 Å². The number of ether oxygens (including phenoxy) is 1. The van der Waals surface area contributed by atoms with E-state index in [1.54, 1.807) is 6.20 Å². The van der Waals surface area contributed by atoms with Crippen LogP contribution in [0.4, 0.5) is 4.79 Å². The maximum atomic E-state index is 12.3. The van der Waals surface area contributed by atoms with E-state index in [9.17, 15) is 4.79 Å². The Morgan fingerprint density at radius 2 is 1.88 bits per heavy atom. The molecule has 0 bridgehead atoms. The predicted octanol–water partition coefficient (Wildman–Crippen LogP) is 3.19. The van der Waals surface area contributed by atoms with E-state index in [4.69, 9.17) is 14.0 Å². The summed E-state index contributed by atoms with van der Waals surface area (Å²) in [5.41, 5.74) is 1.29. The summed E-state index contributed by atoms with van der Waals surface area (Å²) in [4.78, 5) is 12.3. The monoisotopic (exact) mass is 329 g/mol. The van der Waals surface area contributed by atoms with Crippen molar-refractivity contribution in [2.24, 2.45) is 5.41 Å². The highest BCUT2D eigenvalue weighted by Crippen LogP contribution is 2.22. The van der Waals surface area contributed by atoms with Crippen molar-refractivity contribution in [3.63, 3.8) is 0 Å². The molecule has 5 nitrogen and oxygen atoms in total. The number of rotatable bonds is 1. The van der Waals surface area contributed by atoms with Crippen LogP contribution in [-0.4, -0.2) is 36.6 Å². The molecule has 1 fully saturated rings. The third-order valence-corrected chi connectivity index (χ3v) is 3.83. The van der Waals surface area contributed by atoms with Gasteiger partial charge in [0.1, 0.15) is 5.60 Å². The zero-order valence-corrected chi connectivity index (χ0v) is 15.0. The van der Waals surface area contributed by atoms with E-state index in [0.29, 0.717) is 13.2 Å². The zero-order valence-electron chi connectivity index (χ0n) is 15.0. The number of hydrogen-bond donors (Lipinski definition) is 0. The van der Waals surface area contributed by atoms with Gasteiger partial charge in [0, 0.05) is 24.8 Å². The third kappa shape index (κ3) is 3.65. The van der Waals surface area contributed by atoms with Crippen LogP contribution >= 0.6 is 0 Å². The first-order valence-electron chi connectivity index (χ1n) is 8.22. The molecule has 0 radical (unpaired) electrons. The molecule has 6 heteroatoms. The maximum Gasteiger partial charge on any atom is 0.493 e. The quantitative estimate of drug-likeness (QED) is 0.754. The summed E-state index contributed by atoms with van der Waals surface area (Å²) in [6.45, 7) is 11.1. The van der Waals surface area contributed by atoms with Crippen molar-refractivity contribution in [1.29, 1.82) is 0 Å². The Bertz CT molecular complexity index is 750. The minimum absolute atomic E-state index is 0.0423. The molecule has 3 rings (SSSR count). The van der Waals surface area contributed by atoms with Crippen LogP contribution in [0, 0.1) is 5.41 Å². The number of nitrogens with zero attached hydrogens (tertiary/aromatic N) is 1. The van der Waals surface area contributed by atoms with Crippen molar-refractivity contribution in [2.45, 2.75) is 40.2 Å². The first-order valence-corrected chi connectivity index (χ1v) is 8.22. The summed E-state index contributed by atoms with van der Waals surface area (Å²) in [6.07, 6.45) is 1.35. The largest absolute Gasteiger partial charge is 0.493 e. The lowest BCUT2D eigenvalue weighted by molar-refractivity contribution is 0.0343. The Kier molecular flexibility index (Phi) is 4.22. The van der Waals surface area contributed by atoms with Crippen LogP contribution in [0.3, 0.4) is 0 Å². The van der Waals surface area contributed by atoms with E-state index in [2.05, 4.69) is 13.8 Å². The van der Waals surface area contributed by atoms with Gasteiger partial charge in [-0.3, -0.25) is 4.57 Å². The van der Waals surface area contributed by atoms with E-state index < -0.39 is 5.60 Å². The highest BCUT2D eigenvalue weighted by atomic mass is 16.6. The highest BCUT2D eigenvalue weighted by molar-refractivity contribution is 6.61. The fraction of sp³-hybridized carbons (Fsp3) is 0.500. The zero-order chi connectivity index (χ0) is 17.5. The second-order valence-corrected chi connectivity index (χ2v) is 8.10. The summed E-state index contributed by atoms with van der Waals surface area (Å²) in [5, 5.41) is 0.954. The van der Waals surface area contributed by atoms with Crippen molar-refractivity contribution in [1.82, 2.24) is 4.57 Å². The highest BCUT2D eigenvalue weighted by Gasteiger charge is 2.33. The summed E-state index contributed by atoms with van der Waals surface area (Å²) in [5.74, 6) is 0. The molecular weight excluding hydrogens is 305 g/mol. The first-order chi connectivity index (χ1) is 11.1. The van der Waals surface area contributed by atoms with E-state index in [1.165, 1.54) is 4.57 Å². The van der Waals surface area contributed by atoms with Crippen LogP contribution in [0.15, 0.2) is 30.5 Å². The first kappa shape index (κ1) is 17.1. The maximum absolute atomic E-state index is 12.3. The standard InChI is InChI=1S/C18H24BNO4/c1-17(2,3)24-16(21)20-9-8-13-10-14(6-7-15(13)20)19-22-11-18(4,5)12-23-19/h6-10H,11-12H2,1-5H3. The molecule has 0 aliphatic carbocycles. The number of benzene rings is 1. The Balaban J connectivity index is 1.82. The molecule has 24 heavy (non-hydrogen) atoms. The van der Waals surface area contributed by atoms with Crippen molar-refractivity contribution in [3.05, 3.63) is 30.5 Å². The van der Waals surface area contributed by atoms with Gasteiger partial charge in [-0.15, -0.1) is 0 Å². The van der Waals surface area contributed by atoms with E-state index >= 15 is 0 Å². The molecule has 2 aromatic rings. The number of carbonyl (C=O) groups excluding carboxylic acids is 1. The normalized spacial score (nSPS) is 18.0. The fourth-order valence-electron chi connectivity index (χ4n) is 2.66. The van der Waals surface area contributed by atoms with Gasteiger partial charge >= 0.3 is 13.2 Å². The third-order valence-electron chi connectivity index (χ3n) is 3.83. The molecule has 0 spiro atoms. The molecule has 1 aliphatic heterocycles. The number of fused-ring (bicyclic) bond motifs is 1. The Labute approximate surface area is 143 Å². The Morgan fingerprint density at radius 3 is 2.50 bits per heavy atom. The van der Waals surface area contributed by atoms with Crippen LogP contribution in [0.1, 0.15) is 34.6 Å². The van der Waals surface area contributed by atoms with E-state index in [-0.39, 0.29) is 18.6 Å². The van der Waals surface area contributed by atoms with Crippen molar-refractivity contribution >= 4 is 29.6 Å². The molecule has 1 aliphatic rings. The molecule has 1 aromatic heterocycles. The van der Waals surface area contributed by atoms with Gasteiger partial charge in [0.15, 0.2) is 0 Å². The van der Waals surface area contributed by atoms with Crippen LogP contribution in [0.25, 0.3) is 10.9 Å². The minimum Gasteiger partial charge on any atom is -0.443 e. The molecule has 0 atom stereocenters. The van der Waals surface area contributed by atoms with Crippen molar-refractivity contribution in [2.75, 3.05) is 13.2 Å². The van der Waals surface area contributed by atoms with Gasteiger partial charge in [0.05, 0.1) is 5.52 Å². The number of carbonyl (C=O) groups is 1. The fourth-order valence-corrected chi connectivity index (χ4v) is 2.66. The second-order valence-electron chi connectivity index (χ2n) is 8.10. The lowest BCUT2D eigenvalue weighted by atomic mass is 9.75. The van der Waals surface area contributed by atoms with Gasteiger partial charge in [0.2, 0.25) is 0 Å². The summed E-state index contributed by atoms with van der Waals surface area (Å²) in [6, 6.07) is 7.74. The van der Waals surface area contributed by atoms with Gasteiger partial charge in [-0.2, -0.15) is 0 Å². The lowest BCUT2D eigenvalue weighted by Crippen LogP contribution is -2.47. The summed E-state index contributed by atoms with van der Waals surface area (Å²) >= 11 is 0. The number of aromatic nitrogens is 1. The lowest BCUT2D eigenvalue weighted by Gasteiger charge is -2.33. The molecule has 1 saturated heterocycles. The van der Waals surface area contributed by atoms with Gasteiger partial charge < -0.3 is 14.0 Å². The summed E-state index contributed by atoms with van der Waals surface area (Å²) < 4.78 is 18.6. The molecular formula is C18H24BNO4. The molecule has 0 unspecified atom stereocenters. The topological polar surface area (TPSA) is 49.7 Å². The molecule has 2 heterocycles. The molecule has 1 aromatic carbocycles. The molecule has 0 amide bonds. The average Bonchev–Trinajstić information content (AvgIpc) is 2.88. The van der Waals surface area contributed by atoms with E-state index in [0.717, 1.165) is 16.4 Å². The second kappa shape index (κ2) is 5.94. The van der Waals surface area contributed by atoms with Crippen molar-refractivity contribution < 1.29 is 18.8 Å².